The zero-order valence-electron chi connectivity index (χ0n) is 25.1. The monoisotopic (exact) mass is 619 g/mol. The first-order chi connectivity index (χ1) is 20.8. The Morgan fingerprint density at radius 1 is 0.977 bits per heavy atom. The number of amides is 4. The van der Waals surface area contributed by atoms with Crippen molar-refractivity contribution in [1.82, 2.24) is 10.2 Å². The van der Waals surface area contributed by atoms with Crippen molar-refractivity contribution in [2.45, 2.75) is 84.1 Å². The predicted molar refractivity (Wildman–Crippen MR) is 155 cm³/mol. The number of aliphatic hydroxyl groups excluding tert-OH is 3. The number of hydrogen-bond acceptors (Lipinski definition) is 11. The summed E-state index contributed by atoms with van der Waals surface area (Å²) in [7, 11) is 0. The third-order valence-electron chi connectivity index (χ3n) is 6.86. The quantitative estimate of drug-likeness (QED) is 0.110. The number of aliphatic hydroxyl groups is 3. The summed E-state index contributed by atoms with van der Waals surface area (Å²) in [6, 6.07) is 4.61. The Morgan fingerprint density at radius 2 is 1.68 bits per heavy atom. The van der Waals surface area contributed by atoms with Crippen LogP contribution in [0.1, 0.15) is 58.4 Å². The molecule has 2 aliphatic rings. The molecule has 1 aromatic rings. The molecule has 0 spiro atoms. The van der Waals surface area contributed by atoms with Crippen molar-refractivity contribution in [3.63, 3.8) is 0 Å². The van der Waals surface area contributed by atoms with Crippen LogP contribution >= 0.6 is 0 Å². The van der Waals surface area contributed by atoms with Gasteiger partial charge in [-0.2, -0.15) is 0 Å². The number of nitrogens with one attached hydrogen (secondary N) is 2. The fourth-order valence-electron chi connectivity index (χ4n) is 4.24. The molecule has 0 radical (unpaired) electrons. The molecule has 0 saturated carbocycles. The van der Waals surface area contributed by atoms with Crippen LogP contribution in [0.15, 0.2) is 30.4 Å². The van der Waals surface area contributed by atoms with Crippen molar-refractivity contribution >= 4 is 35.3 Å². The molecule has 2 heterocycles. The summed E-state index contributed by atoms with van der Waals surface area (Å²) in [6.07, 6.45) is -1.30. The zero-order valence-corrected chi connectivity index (χ0v) is 25.1. The lowest BCUT2D eigenvalue weighted by Gasteiger charge is -2.35. The van der Waals surface area contributed by atoms with E-state index >= 15 is 0 Å². The number of nitrogens with zero attached hydrogens (tertiary/aromatic N) is 1. The van der Waals surface area contributed by atoms with E-state index in [4.69, 9.17) is 14.2 Å². The van der Waals surface area contributed by atoms with Gasteiger partial charge in [0.15, 0.2) is 0 Å². The van der Waals surface area contributed by atoms with Gasteiger partial charge in [-0.15, -0.1) is 0 Å². The Labute approximate surface area is 255 Å². The number of benzene rings is 1. The number of esters is 1. The van der Waals surface area contributed by atoms with Gasteiger partial charge in [-0.3, -0.25) is 28.9 Å². The highest BCUT2D eigenvalue weighted by molar-refractivity contribution is 6.12. The Morgan fingerprint density at radius 3 is 2.36 bits per heavy atom. The van der Waals surface area contributed by atoms with Gasteiger partial charge in [-0.25, -0.2) is 0 Å². The van der Waals surface area contributed by atoms with E-state index in [1.165, 1.54) is 24.3 Å². The molecule has 14 heteroatoms. The molecule has 2 aliphatic heterocycles. The van der Waals surface area contributed by atoms with Crippen LogP contribution in [0.5, 0.6) is 5.75 Å². The molecule has 0 unspecified atom stereocenters. The van der Waals surface area contributed by atoms with Crippen LogP contribution in [0.25, 0.3) is 0 Å². The molecule has 1 fully saturated rings. The number of rotatable bonds is 14. The molecule has 242 valence electrons. The molecule has 44 heavy (non-hydrogen) atoms. The van der Waals surface area contributed by atoms with Crippen molar-refractivity contribution in [2.75, 3.05) is 25.0 Å². The van der Waals surface area contributed by atoms with Gasteiger partial charge in [0.25, 0.3) is 11.8 Å². The van der Waals surface area contributed by atoms with E-state index in [9.17, 15) is 39.3 Å². The summed E-state index contributed by atoms with van der Waals surface area (Å²) in [4.78, 5) is 61.4. The minimum Gasteiger partial charge on any atom is -0.460 e. The fourth-order valence-corrected chi connectivity index (χ4v) is 4.24. The third kappa shape index (κ3) is 10.1. The number of hydrogen-bond donors (Lipinski definition) is 5. The Hall–Kier alpha value is -3.85. The molecule has 4 atom stereocenters. The Kier molecular flexibility index (Phi) is 12.4. The van der Waals surface area contributed by atoms with E-state index in [2.05, 4.69) is 10.6 Å². The minimum absolute atomic E-state index is 0.0563. The molecule has 1 saturated heterocycles. The van der Waals surface area contributed by atoms with E-state index in [1.54, 1.807) is 26.8 Å². The maximum atomic E-state index is 12.8. The summed E-state index contributed by atoms with van der Waals surface area (Å²) in [5.74, 6) is -1.71. The molecular formula is C30H41N3O11. The summed E-state index contributed by atoms with van der Waals surface area (Å²) < 4.78 is 16.4. The predicted octanol–water partition coefficient (Wildman–Crippen LogP) is 0.524. The normalized spacial score (nSPS) is 21.7. The van der Waals surface area contributed by atoms with Gasteiger partial charge < -0.3 is 40.2 Å². The van der Waals surface area contributed by atoms with E-state index in [1.807, 2.05) is 0 Å². The number of carbonyl (C=O) groups is 5. The largest absolute Gasteiger partial charge is 0.460 e. The van der Waals surface area contributed by atoms with E-state index in [0.29, 0.717) is 31.4 Å². The zero-order chi connectivity index (χ0) is 32.4. The van der Waals surface area contributed by atoms with Crippen LogP contribution in [0.4, 0.5) is 5.69 Å². The fraction of sp³-hybridized carbons (Fsp3) is 0.567. The van der Waals surface area contributed by atoms with Crippen LogP contribution in [0, 0.1) is 5.41 Å². The number of anilines is 1. The van der Waals surface area contributed by atoms with Crippen molar-refractivity contribution < 1.29 is 53.5 Å². The molecule has 0 aromatic heterocycles. The van der Waals surface area contributed by atoms with E-state index in [0.717, 1.165) is 4.90 Å². The Bertz CT molecular complexity index is 1230. The van der Waals surface area contributed by atoms with Gasteiger partial charge in [-0.05, 0) is 51.3 Å². The van der Waals surface area contributed by atoms with Crippen LogP contribution < -0.4 is 15.4 Å². The average Bonchev–Trinajstić information content (AvgIpc) is 3.28. The second-order valence-corrected chi connectivity index (χ2v) is 11.6. The van der Waals surface area contributed by atoms with Gasteiger partial charge in [-0.1, -0.05) is 12.5 Å². The summed E-state index contributed by atoms with van der Waals surface area (Å²) in [5.41, 5.74) is -0.00241. The Balaban J connectivity index is 1.51. The molecule has 0 aliphatic carbocycles. The molecule has 1 aromatic carbocycles. The first-order valence-corrected chi connectivity index (χ1v) is 14.5. The maximum absolute atomic E-state index is 12.8. The van der Waals surface area contributed by atoms with Crippen molar-refractivity contribution in [3.8, 4) is 5.75 Å². The lowest BCUT2D eigenvalue weighted by Crippen LogP contribution is -2.54. The van der Waals surface area contributed by atoms with Crippen LogP contribution in [-0.4, -0.2) is 94.1 Å². The highest BCUT2D eigenvalue weighted by atomic mass is 16.7. The molecule has 0 bridgehead atoms. The number of ether oxygens (including phenoxy) is 3. The minimum atomic E-state index is -1.56. The smallest absolute Gasteiger partial charge is 0.311 e. The van der Waals surface area contributed by atoms with Crippen LogP contribution in [0.3, 0.4) is 0 Å². The van der Waals surface area contributed by atoms with E-state index < -0.39 is 41.9 Å². The third-order valence-corrected chi connectivity index (χ3v) is 6.86. The number of unbranched alkanes of at least 4 members (excludes halogenated alkanes) is 2. The lowest BCUT2D eigenvalue weighted by molar-refractivity contribution is -0.241. The first-order valence-electron chi connectivity index (χ1n) is 14.5. The molecule has 4 amide bonds. The SMILES string of the molecule is CC(C)(C)C(=O)OCc1ccc(O[C@@H]2OC[C@@H](O)[C@H](O)[C@H]2O)c(NC(=O)CCNC(=O)CCCCCN2C(=O)C=CC2=O)c1. The maximum Gasteiger partial charge on any atom is 0.311 e. The highest BCUT2D eigenvalue weighted by Gasteiger charge is 2.39. The van der Waals surface area contributed by atoms with Crippen LogP contribution in [0.2, 0.25) is 0 Å². The van der Waals surface area contributed by atoms with Crippen molar-refractivity contribution in [1.29, 1.82) is 0 Å². The summed E-state index contributed by atoms with van der Waals surface area (Å²) in [6.45, 7) is 5.16. The van der Waals surface area contributed by atoms with Gasteiger partial charge in [0.1, 0.15) is 30.7 Å². The number of carbonyl (C=O) groups excluding carboxylic acids is 5. The van der Waals surface area contributed by atoms with Gasteiger partial charge in [0, 0.05) is 38.1 Å². The first kappa shape index (κ1) is 34.6. The molecular weight excluding hydrogens is 578 g/mol. The standard InChI is InChI=1S/C30H41N3O11/c1-30(2,3)29(41)43-16-18-8-9-21(44-28-27(40)26(39)20(34)17-42-28)19(15-18)32-23(36)12-13-31-22(35)7-5-4-6-14-33-24(37)10-11-25(33)38/h8-11,15,20,26-28,34,39-40H,4-7,12-14,16-17H2,1-3H3,(H,31,35)(H,32,36)/t20-,26+,27-,28+/m1/s1. The summed E-state index contributed by atoms with van der Waals surface area (Å²) in [5, 5.41) is 35.3. The average molecular weight is 620 g/mol. The van der Waals surface area contributed by atoms with Crippen molar-refractivity contribution in [3.05, 3.63) is 35.9 Å². The lowest BCUT2D eigenvalue weighted by atomic mass is 9.97. The topological polar surface area (TPSA) is 201 Å². The molecule has 5 N–H and O–H groups in total. The number of imide groups is 1. The summed E-state index contributed by atoms with van der Waals surface area (Å²) >= 11 is 0. The highest BCUT2D eigenvalue weighted by Crippen LogP contribution is 2.30. The van der Waals surface area contributed by atoms with Gasteiger partial charge >= 0.3 is 5.97 Å². The second-order valence-electron chi connectivity index (χ2n) is 11.6. The molecule has 14 nitrogen and oxygen atoms in total. The molecule has 3 rings (SSSR count). The van der Waals surface area contributed by atoms with Gasteiger partial charge in [0.2, 0.25) is 18.1 Å². The second kappa shape index (κ2) is 15.7. The van der Waals surface area contributed by atoms with E-state index in [-0.39, 0.29) is 61.8 Å². The van der Waals surface area contributed by atoms with Crippen LogP contribution in [-0.2, 0) is 40.1 Å². The van der Waals surface area contributed by atoms with Gasteiger partial charge in [0.05, 0.1) is 17.7 Å². The van der Waals surface area contributed by atoms with Crippen molar-refractivity contribution in [2.24, 2.45) is 5.41 Å².